The van der Waals surface area contributed by atoms with Crippen molar-refractivity contribution < 1.29 is 14.3 Å². The summed E-state index contributed by atoms with van der Waals surface area (Å²) in [5, 5.41) is 9.22. The normalized spacial score (nSPS) is 13.5. The number of methoxy groups -OCH3 is 1. The number of esters is 1. The predicted octanol–water partition coefficient (Wildman–Crippen LogP) is 1.92. The van der Waals surface area contributed by atoms with Crippen molar-refractivity contribution in [2.24, 2.45) is 0 Å². The molecule has 0 saturated heterocycles. The Labute approximate surface area is 101 Å². The standard InChI is InChI=1S/C13H15NO3/c1-4-17-12(15)13(9-14,16-3)11-7-5-10(2)6-8-11/h5-8H,4H2,1-3H3. The van der Waals surface area contributed by atoms with Gasteiger partial charge in [0.15, 0.2) is 0 Å². The Kier molecular flexibility index (Phi) is 4.24. The number of carbonyl (C=O) groups excluding carboxylic acids is 1. The smallest absolute Gasteiger partial charge is 0.358 e. The van der Waals surface area contributed by atoms with Gasteiger partial charge < -0.3 is 9.47 Å². The van der Waals surface area contributed by atoms with E-state index in [1.54, 1.807) is 19.1 Å². The molecule has 90 valence electrons. The molecule has 0 amide bonds. The van der Waals surface area contributed by atoms with Crippen LogP contribution >= 0.6 is 0 Å². The third kappa shape index (κ3) is 2.45. The van der Waals surface area contributed by atoms with Gasteiger partial charge in [0.2, 0.25) is 0 Å². The molecule has 4 nitrogen and oxygen atoms in total. The fourth-order valence-corrected chi connectivity index (χ4v) is 1.50. The second kappa shape index (κ2) is 5.46. The Morgan fingerprint density at radius 2 is 2.00 bits per heavy atom. The Hall–Kier alpha value is -1.86. The van der Waals surface area contributed by atoms with Crippen LogP contribution in [0.15, 0.2) is 24.3 Å². The fraction of sp³-hybridized carbons (Fsp3) is 0.385. The number of rotatable bonds is 4. The van der Waals surface area contributed by atoms with Crippen LogP contribution in [0.25, 0.3) is 0 Å². The van der Waals surface area contributed by atoms with Crippen LogP contribution in [0.4, 0.5) is 0 Å². The van der Waals surface area contributed by atoms with Gasteiger partial charge in [-0.05, 0) is 13.8 Å². The van der Waals surface area contributed by atoms with Crippen LogP contribution in [-0.4, -0.2) is 19.7 Å². The predicted molar refractivity (Wildman–Crippen MR) is 62.1 cm³/mol. The summed E-state index contributed by atoms with van der Waals surface area (Å²) in [4.78, 5) is 11.8. The Bertz CT molecular complexity index is 433. The van der Waals surface area contributed by atoms with Gasteiger partial charge in [-0.2, -0.15) is 5.26 Å². The lowest BCUT2D eigenvalue weighted by molar-refractivity contribution is -0.163. The molecule has 0 aliphatic heterocycles. The monoisotopic (exact) mass is 233 g/mol. The zero-order valence-electron chi connectivity index (χ0n) is 10.2. The molecule has 1 rings (SSSR count). The quantitative estimate of drug-likeness (QED) is 0.745. The lowest BCUT2D eigenvalue weighted by Gasteiger charge is -2.23. The Balaban J connectivity index is 3.21. The first kappa shape index (κ1) is 13.2. The van der Waals surface area contributed by atoms with Crippen LogP contribution in [0.1, 0.15) is 18.1 Å². The average Bonchev–Trinajstić information content (AvgIpc) is 2.34. The van der Waals surface area contributed by atoms with Crippen molar-refractivity contribution in [3.8, 4) is 6.07 Å². The van der Waals surface area contributed by atoms with Crippen LogP contribution in [0.2, 0.25) is 0 Å². The summed E-state index contributed by atoms with van der Waals surface area (Å²) in [6, 6.07) is 8.91. The van der Waals surface area contributed by atoms with E-state index in [1.807, 2.05) is 25.1 Å². The molecule has 0 saturated carbocycles. The maximum absolute atomic E-state index is 11.8. The third-order valence-electron chi connectivity index (χ3n) is 2.48. The van der Waals surface area contributed by atoms with E-state index >= 15 is 0 Å². The van der Waals surface area contributed by atoms with E-state index in [9.17, 15) is 10.1 Å². The first-order chi connectivity index (χ1) is 8.10. The van der Waals surface area contributed by atoms with Gasteiger partial charge in [-0.3, -0.25) is 0 Å². The summed E-state index contributed by atoms with van der Waals surface area (Å²) in [5.41, 5.74) is -0.156. The Morgan fingerprint density at radius 1 is 1.41 bits per heavy atom. The van der Waals surface area contributed by atoms with E-state index in [4.69, 9.17) is 9.47 Å². The van der Waals surface area contributed by atoms with Gasteiger partial charge in [0.1, 0.15) is 6.07 Å². The van der Waals surface area contributed by atoms with E-state index in [-0.39, 0.29) is 6.61 Å². The van der Waals surface area contributed by atoms with Gasteiger partial charge >= 0.3 is 5.97 Å². The molecule has 0 bridgehead atoms. The van der Waals surface area contributed by atoms with Gasteiger partial charge in [0, 0.05) is 12.7 Å². The third-order valence-corrected chi connectivity index (χ3v) is 2.48. The van der Waals surface area contributed by atoms with Crippen LogP contribution in [0.3, 0.4) is 0 Å². The summed E-state index contributed by atoms with van der Waals surface area (Å²) < 4.78 is 9.98. The molecular weight excluding hydrogens is 218 g/mol. The molecule has 0 N–H and O–H groups in total. The highest BCUT2D eigenvalue weighted by Crippen LogP contribution is 2.26. The summed E-state index contributed by atoms with van der Waals surface area (Å²) >= 11 is 0. The van der Waals surface area contributed by atoms with Crippen molar-refractivity contribution in [2.75, 3.05) is 13.7 Å². The van der Waals surface area contributed by atoms with Gasteiger partial charge in [0.05, 0.1) is 6.61 Å². The number of ether oxygens (including phenoxy) is 2. The molecule has 1 unspecified atom stereocenters. The highest BCUT2D eigenvalue weighted by Gasteiger charge is 2.42. The largest absolute Gasteiger partial charge is 0.463 e. The summed E-state index contributed by atoms with van der Waals surface area (Å²) in [7, 11) is 1.32. The molecule has 1 atom stereocenters. The highest BCUT2D eigenvalue weighted by molar-refractivity contribution is 5.84. The van der Waals surface area contributed by atoms with Crippen molar-refractivity contribution in [1.82, 2.24) is 0 Å². The van der Waals surface area contributed by atoms with E-state index in [0.717, 1.165) is 5.56 Å². The van der Waals surface area contributed by atoms with E-state index in [0.29, 0.717) is 5.56 Å². The SMILES string of the molecule is CCOC(=O)C(C#N)(OC)c1ccc(C)cc1. The maximum atomic E-state index is 11.8. The summed E-state index contributed by atoms with van der Waals surface area (Å²) in [6.45, 7) is 3.82. The molecule has 0 radical (unpaired) electrons. The summed E-state index contributed by atoms with van der Waals surface area (Å²) in [6.07, 6.45) is 0. The molecule has 0 spiro atoms. The molecule has 1 aromatic carbocycles. The van der Waals surface area contributed by atoms with E-state index in [2.05, 4.69) is 0 Å². The number of nitriles is 1. The minimum atomic E-state index is -1.68. The lowest BCUT2D eigenvalue weighted by atomic mass is 9.94. The number of hydrogen-bond donors (Lipinski definition) is 0. The van der Waals surface area contributed by atoms with Crippen LogP contribution < -0.4 is 0 Å². The minimum absolute atomic E-state index is 0.206. The minimum Gasteiger partial charge on any atom is -0.463 e. The van der Waals surface area contributed by atoms with Crippen LogP contribution in [0.5, 0.6) is 0 Å². The lowest BCUT2D eigenvalue weighted by Crippen LogP contribution is -2.38. The highest BCUT2D eigenvalue weighted by atomic mass is 16.6. The second-order valence-corrected chi connectivity index (χ2v) is 3.58. The number of hydrogen-bond acceptors (Lipinski definition) is 4. The molecule has 0 aliphatic carbocycles. The molecule has 0 aromatic heterocycles. The molecule has 4 heteroatoms. The second-order valence-electron chi connectivity index (χ2n) is 3.58. The van der Waals surface area contributed by atoms with Crippen molar-refractivity contribution >= 4 is 5.97 Å². The fourth-order valence-electron chi connectivity index (χ4n) is 1.50. The first-order valence-electron chi connectivity index (χ1n) is 5.31. The number of nitrogens with zero attached hydrogens (tertiary/aromatic N) is 1. The Morgan fingerprint density at radius 3 is 2.41 bits per heavy atom. The van der Waals surface area contributed by atoms with Crippen molar-refractivity contribution in [2.45, 2.75) is 19.4 Å². The van der Waals surface area contributed by atoms with Crippen LogP contribution in [0, 0.1) is 18.3 Å². The van der Waals surface area contributed by atoms with E-state index in [1.165, 1.54) is 7.11 Å². The molecule has 0 heterocycles. The average molecular weight is 233 g/mol. The zero-order chi connectivity index (χ0) is 12.9. The molecule has 1 aromatic rings. The van der Waals surface area contributed by atoms with Crippen molar-refractivity contribution in [3.63, 3.8) is 0 Å². The van der Waals surface area contributed by atoms with Crippen molar-refractivity contribution in [1.29, 1.82) is 5.26 Å². The van der Waals surface area contributed by atoms with Gasteiger partial charge in [-0.15, -0.1) is 0 Å². The molecular formula is C13H15NO3. The molecule has 0 fully saturated rings. The first-order valence-corrected chi connectivity index (χ1v) is 5.31. The number of benzene rings is 1. The van der Waals surface area contributed by atoms with Crippen LogP contribution in [-0.2, 0) is 19.9 Å². The zero-order valence-corrected chi connectivity index (χ0v) is 10.2. The van der Waals surface area contributed by atoms with E-state index < -0.39 is 11.6 Å². The number of carbonyl (C=O) groups is 1. The number of aryl methyl sites for hydroxylation is 1. The van der Waals surface area contributed by atoms with Gasteiger partial charge in [0.25, 0.3) is 5.60 Å². The topological polar surface area (TPSA) is 59.3 Å². The molecule has 0 aliphatic rings. The van der Waals surface area contributed by atoms with Crippen molar-refractivity contribution in [3.05, 3.63) is 35.4 Å². The maximum Gasteiger partial charge on any atom is 0.358 e. The summed E-state index contributed by atoms with van der Waals surface area (Å²) in [5.74, 6) is -0.686. The van der Waals surface area contributed by atoms with Gasteiger partial charge in [-0.1, -0.05) is 29.8 Å². The molecule has 17 heavy (non-hydrogen) atoms. The van der Waals surface area contributed by atoms with Gasteiger partial charge in [-0.25, -0.2) is 4.79 Å².